The minimum absolute atomic E-state index is 0.635. The molecule has 0 aliphatic rings. The lowest BCUT2D eigenvalue weighted by Gasteiger charge is -2.08. The molecule has 96 valence electrons. The fourth-order valence-electron chi connectivity index (χ4n) is 1.69. The fraction of sp³-hybridized carbons (Fsp3) is 0.308. The first-order valence-electron chi connectivity index (χ1n) is 5.90. The van der Waals surface area contributed by atoms with Crippen molar-refractivity contribution in [3.8, 4) is 5.69 Å². The molecule has 1 aromatic carbocycles. The van der Waals surface area contributed by atoms with Crippen molar-refractivity contribution in [2.24, 2.45) is 0 Å². The number of nitrogens with zero attached hydrogens (tertiary/aromatic N) is 2. The summed E-state index contributed by atoms with van der Waals surface area (Å²) in [6.45, 7) is 4.08. The Morgan fingerprint density at radius 2 is 2.28 bits per heavy atom. The Balaban J connectivity index is 2.15. The standard InChI is InChI=1S/C13H15BrClN3/c1-2-5-16-7-10-3-4-13(12(14)6-10)18-9-11(15)8-17-18/h3-4,6,8-9,16H,2,5,7H2,1H3. The maximum atomic E-state index is 5.87. The zero-order valence-corrected chi connectivity index (χ0v) is 12.5. The van der Waals surface area contributed by atoms with Crippen LogP contribution in [0.5, 0.6) is 0 Å². The van der Waals surface area contributed by atoms with Crippen LogP contribution < -0.4 is 5.32 Å². The van der Waals surface area contributed by atoms with Crippen LogP contribution in [0.15, 0.2) is 35.1 Å². The van der Waals surface area contributed by atoms with E-state index in [4.69, 9.17) is 11.6 Å². The number of aromatic nitrogens is 2. The molecule has 0 fully saturated rings. The SMILES string of the molecule is CCCNCc1ccc(-n2cc(Cl)cn2)c(Br)c1. The van der Waals surface area contributed by atoms with Crippen molar-refractivity contribution in [2.75, 3.05) is 6.54 Å². The zero-order valence-electron chi connectivity index (χ0n) is 10.2. The van der Waals surface area contributed by atoms with E-state index in [1.54, 1.807) is 17.1 Å². The second kappa shape index (κ2) is 6.36. The summed E-state index contributed by atoms with van der Waals surface area (Å²) in [5.74, 6) is 0. The molecule has 0 spiro atoms. The van der Waals surface area contributed by atoms with E-state index in [0.717, 1.165) is 29.7 Å². The second-order valence-electron chi connectivity index (χ2n) is 4.07. The highest BCUT2D eigenvalue weighted by atomic mass is 79.9. The molecule has 0 aliphatic carbocycles. The predicted octanol–water partition coefficient (Wildman–Crippen LogP) is 3.79. The lowest BCUT2D eigenvalue weighted by atomic mass is 10.2. The topological polar surface area (TPSA) is 29.9 Å². The van der Waals surface area contributed by atoms with Crippen LogP contribution in [0.2, 0.25) is 5.02 Å². The summed E-state index contributed by atoms with van der Waals surface area (Å²) in [4.78, 5) is 0. The van der Waals surface area contributed by atoms with Gasteiger partial charge >= 0.3 is 0 Å². The van der Waals surface area contributed by atoms with Crippen LogP contribution in [-0.4, -0.2) is 16.3 Å². The van der Waals surface area contributed by atoms with Crippen LogP contribution in [0.4, 0.5) is 0 Å². The van der Waals surface area contributed by atoms with Gasteiger partial charge in [0.1, 0.15) is 0 Å². The quantitative estimate of drug-likeness (QED) is 0.846. The highest BCUT2D eigenvalue weighted by molar-refractivity contribution is 9.10. The van der Waals surface area contributed by atoms with Gasteiger partial charge in [0, 0.05) is 17.2 Å². The highest BCUT2D eigenvalue weighted by Gasteiger charge is 2.05. The monoisotopic (exact) mass is 327 g/mol. The lowest BCUT2D eigenvalue weighted by molar-refractivity contribution is 0.675. The molecule has 18 heavy (non-hydrogen) atoms. The average molecular weight is 329 g/mol. The molecule has 0 amide bonds. The molecule has 0 saturated carbocycles. The van der Waals surface area contributed by atoms with E-state index in [2.05, 4.69) is 45.4 Å². The van der Waals surface area contributed by atoms with Crippen LogP contribution in [0.3, 0.4) is 0 Å². The van der Waals surface area contributed by atoms with Crippen molar-refractivity contribution in [2.45, 2.75) is 19.9 Å². The summed E-state index contributed by atoms with van der Waals surface area (Å²) in [6, 6.07) is 6.24. The Morgan fingerprint density at radius 3 is 2.89 bits per heavy atom. The molecule has 5 heteroatoms. The third-order valence-electron chi connectivity index (χ3n) is 2.57. The summed E-state index contributed by atoms with van der Waals surface area (Å²) in [7, 11) is 0. The largest absolute Gasteiger partial charge is 0.313 e. The van der Waals surface area contributed by atoms with Crippen LogP contribution in [0.1, 0.15) is 18.9 Å². The van der Waals surface area contributed by atoms with E-state index in [-0.39, 0.29) is 0 Å². The van der Waals surface area contributed by atoms with Crippen LogP contribution in [-0.2, 0) is 6.54 Å². The van der Waals surface area contributed by atoms with Crippen LogP contribution in [0, 0.1) is 0 Å². The molecule has 1 aromatic heterocycles. The molecule has 1 heterocycles. The first-order valence-corrected chi connectivity index (χ1v) is 7.07. The molecule has 0 atom stereocenters. The van der Waals surface area contributed by atoms with Gasteiger partial charge in [-0.2, -0.15) is 5.10 Å². The number of benzene rings is 1. The zero-order chi connectivity index (χ0) is 13.0. The Bertz CT molecular complexity index is 525. The highest BCUT2D eigenvalue weighted by Crippen LogP contribution is 2.23. The van der Waals surface area contributed by atoms with E-state index in [1.807, 2.05) is 6.07 Å². The smallest absolute Gasteiger partial charge is 0.0790 e. The van der Waals surface area contributed by atoms with Gasteiger partial charge in [-0.05, 0) is 46.6 Å². The van der Waals surface area contributed by atoms with Crippen molar-refractivity contribution < 1.29 is 0 Å². The molecule has 0 bridgehead atoms. The maximum Gasteiger partial charge on any atom is 0.0790 e. The molecular weight excluding hydrogens is 314 g/mol. The molecule has 0 aliphatic heterocycles. The lowest BCUT2D eigenvalue weighted by Crippen LogP contribution is -2.13. The van der Waals surface area contributed by atoms with Crippen molar-refractivity contribution >= 4 is 27.5 Å². The summed E-state index contributed by atoms with van der Waals surface area (Å²) >= 11 is 9.44. The fourth-order valence-corrected chi connectivity index (χ4v) is 2.43. The third kappa shape index (κ3) is 3.34. The van der Waals surface area contributed by atoms with Crippen molar-refractivity contribution in [1.29, 1.82) is 0 Å². The summed E-state index contributed by atoms with van der Waals surface area (Å²) in [5.41, 5.74) is 2.23. The number of hydrogen-bond acceptors (Lipinski definition) is 2. The van der Waals surface area contributed by atoms with Gasteiger partial charge in [0.2, 0.25) is 0 Å². The van der Waals surface area contributed by atoms with E-state index >= 15 is 0 Å². The molecular formula is C13H15BrClN3. The summed E-state index contributed by atoms with van der Waals surface area (Å²) in [5, 5.41) is 8.20. The van der Waals surface area contributed by atoms with Gasteiger partial charge in [-0.15, -0.1) is 0 Å². The Labute approximate surface area is 120 Å². The van der Waals surface area contributed by atoms with E-state index in [1.165, 1.54) is 5.56 Å². The average Bonchev–Trinajstić information content (AvgIpc) is 2.76. The van der Waals surface area contributed by atoms with Gasteiger partial charge in [0.05, 0.1) is 16.9 Å². The molecule has 0 saturated heterocycles. The molecule has 2 rings (SSSR count). The van der Waals surface area contributed by atoms with Crippen molar-refractivity contribution in [3.05, 3.63) is 45.7 Å². The number of halogens is 2. The molecule has 0 radical (unpaired) electrons. The number of hydrogen-bond donors (Lipinski definition) is 1. The van der Waals surface area contributed by atoms with Gasteiger partial charge in [0.15, 0.2) is 0 Å². The normalized spacial score (nSPS) is 10.8. The van der Waals surface area contributed by atoms with Gasteiger partial charge in [0.25, 0.3) is 0 Å². The van der Waals surface area contributed by atoms with Crippen molar-refractivity contribution in [1.82, 2.24) is 15.1 Å². The first kappa shape index (κ1) is 13.6. The van der Waals surface area contributed by atoms with E-state index < -0.39 is 0 Å². The minimum Gasteiger partial charge on any atom is -0.313 e. The van der Waals surface area contributed by atoms with Crippen molar-refractivity contribution in [3.63, 3.8) is 0 Å². The number of nitrogens with one attached hydrogen (secondary N) is 1. The third-order valence-corrected chi connectivity index (χ3v) is 3.40. The first-order chi connectivity index (χ1) is 8.70. The maximum absolute atomic E-state index is 5.87. The molecule has 0 unspecified atom stereocenters. The minimum atomic E-state index is 0.635. The summed E-state index contributed by atoms with van der Waals surface area (Å²) < 4.78 is 2.77. The Morgan fingerprint density at radius 1 is 1.44 bits per heavy atom. The van der Waals surface area contributed by atoms with Gasteiger partial charge in [-0.3, -0.25) is 0 Å². The van der Waals surface area contributed by atoms with E-state index in [9.17, 15) is 0 Å². The van der Waals surface area contributed by atoms with Gasteiger partial charge < -0.3 is 5.32 Å². The van der Waals surface area contributed by atoms with E-state index in [0.29, 0.717) is 5.02 Å². The van der Waals surface area contributed by atoms with Crippen LogP contribution >= 0.6 is 27.5 Å². The van der Waals surface area contributed by atoms with Gasteiger partial charge in [-0.1, -0.05) is 24.6 Å². The van der Waals surface area contributed by atoms with Crippen LogP contribution in [0.25, 0.3) is 5.69 Å². The molecule has 2 aromatic rings. The molecule has 1 N–H and O–H groups in total. The second-order valence-corrected chi connectivity index (χ2v) is 5.36. The van der Waals surface area contributed by atoms with Gasteiger partial charge in [-0.25, -0.2) is 4.68 Å². The number of rotatable bonds is 5. The predicted molar refractivity (Wildman–Crippen MR) is 78.3 cm³/mol. The molecule has 3 nitrogen and oxygen atoms in total. The summed E-state index contributed by atoms with van der Waals surface area (Å²) in [6.07, 6.45) is 4.56. The Kier molecular flexibility index (Phi) is 4.80. The Hall–Kier alpha value is -0.840.